The van der Waals surface area contributed by atoms with E-state index in [1.807, 2.05) is 18.2 Å². The molecule has 0 aliphatic carbocycles. The van der Waals surface area contributed by atoms with Crippen LogP contribution in [-0.4, -0.2) is 10.7 Å². The minimum atomic E-state index is 0.644. The van der Waals surface area contributed by atoms with E-state index in [1.54, 1.807) is 11.3 Å². The van der Waals surface area contributed by atoms with Crippen LogP contribution in [-0.2, 0) is 13.1 Å². The van der Waals surface area contributed by atoms with Gasteiger partial charge < -0.3 is 4.90 Å². The molecule has 0 atom stereocenters. The van der Waals surface area contributed by atoms with Crippen LogP contribution < -0.4 is 0 Å². The van der Waals surface area contributed by atoms with E-state index in [0.29, 0.717) is 5.84 Å². The average Bonchev–Trinajstić information content (AvgIpc) is 2.86. The lowest BCUT2D eigenvalue weighted by atomic mass is 10.1. The molecule has 0 amide bonds. The van der Waals surface area contributed by atoms with Crippen LogP contribution in [0.5, 0.6) is 0 Å². The van der Waals surface area contributed by atoms with E-state index in [-0.39, 0.29) is 0 Å². The fourth-order valence-electron chi connectivity index (χ4n) is 2.10. The summed E-state index contributed by atoms with van der Waals surface area (Å²) in [5.41, 5.74) is 2.33. The molecule has 2 nitrogen and oxygen atoms in total. The van der Waals surface area contributed by atoms with Crippen LogP contribution in [0.15, 0.2) is 40.2 Å². The predicted molar refractivity (Wildman–Crippen MR) is 74.5 cm³/mol. The lowest BCUT2D eigenvalue weighted by Crippen LogP contribution is -2.22. The van der Waals surface area contributed by atoms with E-state index < -0.39 is 0 Å². The van der Waals surface area contributed by atoms with Crippen LogP contribution in [0, 0.1) is 5.41 Å². The number of thiophene rings is 1. The second kappa shape index (κ2) is 4.27. The SMILES string of the molecule is N=C1c2ccccc2CN1Cc1ccc(Br)s1. The lowest BCUT2D eigenvalue weighted by Gasteiger charge is -2.16. The van der Waals surface area contributed by atoms with E-state index in [0.717, 1.165) is 22.4 Å². The summed E-state index contributed by atoms with van der Waals surface area (Å²) in [5.74, 6) is 0.644. The first-order chi connectivity index (χ1) is 8.24. The van der Waals surface area contributed by atoms with Gasteiger partial charge in [0.1, 0.15) is 5.84 Å². The highest BCUT2D eigenvalue weighted by Crippen LogP contribution is 2.28. The van der Waals surface area contributed by atoms with Gasteiger partial charge in [0.15, 0.2) is 0 Å². The van der Waals surface area contributed by atoms with E-state index in [2.05, 4.69) is 39.0 Å². The Balaban J connectivity index is 1.82. The van der Waals surface area contributed by atoms with Gasteiger partial charge in [0.2, 0.25) is 0 Å². The fraction of sp³-hybridized carbons (Fsp3) is 0.154. The van der Waals surface area contributed by atoms with Gasteiger partial charge in [-0.25, -0.2) is 0 Å². The second-order valence-corrected chi connectivity index (χ2v) is 6.62. The van der Waals surface area contributed by atoms with Crippen molar-refractivity contribution in [2.45, 2.75) is 13.1 Å². The largest absolute Gasteiger partial charge is 0.347 e. The smallest absolute Gasteiger partial charge is 0.129 e. The van der Waals surface area contributed by atoms with Crippen molar-refractivity contribution in [2.75, 3.05) is 0 Å². The van der Waals surface area contributed by atoms with Crippen molar-refractivity contribution in [2.24, 2.45) is 0 Å². The van der Waals surface area contributed by atoms with Crippen molar-refractivity contribution in [3.05, 3.63) is 56.2 Å². The molecule has 0 bridgehead atoms. The van der Waals surface area contributed by atoms with Crippen molar-refractivity contribution in [1.29, 1.82) is 5.41 Å². The van der Waals surface area contributed by atoms with Crippen molar-refractivity contribution in [3.63, 3.8) is 0 Å². The number of nitrogens with zero attached hydrogens (tertiary/aromatic N) is 1. The molecule has 1 aromatic carbocycles. The fourth-order valence-corrected chi connectivity index (χ4v) is 3.60. The third-order valence-corrected chi connectivity index (χ3v) is 4.53. The van der Waals surface area contributed by atoms with Crippen molar-refractivity contribution in [1.82, 2.24) is 4.90 Å². The maximum absolute atomic E-state index is 8.16. The van der Waals surface area contributed by atoms with Gasteiger partial charge in [-0.2, -0.15) is 0 Å². The van der Waals surface area contributed by atoms with Crippen LogP contribution in [0.4, 0.5) is 0 Å². The first-order valence-corrected chi connectivity index (χ1v) is 7.01. The third kappa shape index (κ3) is 2.03. The number of halogens is 1. The molecule has 0 saturated carbocycles. The number of hydrogen-bond acceptors (Lipinski definition) is 2. The second-order valence-electron chi connectivity index (χ2n) is 4.07. The first-order valence-electron chi connectivity index (χ1n) is 5.40. The molecule has 0 radical (unpaired) electrons. The van der Waals surface area contributed by atoms with Gasteiger partial charge in [-0.1, -0.05) is 24.3 Å². The van der Waals surface area contributed by atoms with Gasteiger partial charge in [-0.05, 0) is 33.6 Å². The maximum Gasteiger partial charge on any atom is 0.129 e. The zero-order chi connectivity index (χ0) is 11.8. The summed E-state index contributed by atoms with van der Waals surface area (Å²) in [4.78, 5) is 3.40. The topological polar surface area (TPSA) is 27.1 Å². The monoisotopic (exact) mass is 306 g/mol. The first kappa shape index (κ1) is 11.0. The van der Waals surface area contributed by atoms with Gasteiger partial charge >= 0.3 is 0 Å². The van der Waals surface area contributed by atoms with Crippen molar-refractivity contribution in [3.8, 4) is 0 Å². The van der Waals surface area contributed by atoms with E-state index in [1.165, 1.54) is 10.4 Å². The van der Waals surface area contributed by atoms with Gasteiger partial charge in [0.05, 0.1) is 10.3 Å². The predicted octanol–water partition coefficient (Wildman–Crippen LogP) is 3.85. The van der Waals surface area contributed by atoms with Gasteiger partial charge in [-0.3, -0.25) is 5.41 Å². The Morgan fingerprint density at radius 1 is 1.24 bits per heavy atom. The molecule has 0 fully saturated rings. The molecule has 1 aliphatic rings. The molecule has 0 saturated heterocycles. The number of amidine groups is 1. The Bertz CT molecular complexity index is 576. The maximum atomic E-state index is 8.16. The highest BCUT2D eigenvalue weighted by atomic mass is 79.9. The summed E-state index contributed by atoms with van der Waals surface area (Å²) in [6.07, 6.45) is 0. The minimum Gasteiger partial charge on any atom is -0.347 e. The summed E-state index contributed by atoms with van der Waals surface area (Å²) < 4.78 is 1.15. The lowest BCUT2D eigenvalue weighted by molar-refractivity contribution is 0.426. The highest BCUT2D eigenvalue weighted by molar-refractivity contribution is 9.11. The third-order valence-electron chi connectivity index (χ3n) is 2.93. The molecule has 1 aromatic heterocycles. The summed E-state index contributed by atoms with van der Waals surface area (Å²) in [7, 11) is 0. The van der Waals surface area contributed by atoms with Crippen molar-refractivity contribution >= 4 is 33.1 Å². The van der Waals surface area contributed by atoms with E-state index >= 15 is 0 Å². The number of rotatable bonds is 2. The minimum absolute atomic E-state index is 0.644. The number of benzene rings is 1. The zero-order valence-electron chi connectivity index (χ0n) is 9.11. The molecule has 0 spiro atoms. The van der Waals surface area contributed by atoms with E-state index in [4.69, 9.17) is 5.41 Å². The Morgan fingerprint density at radius 3 is 2.76 bits per heavy atom. The quantitative estimate of drug-likeness (QED) is 0.896. The molecular formula is C13H11BrN2S. The van der Waals surface area contributed by atoms with Crippen LogP contribution in [0.2, 0.25) is 0 Å². The van der Waals surface area contributed by atoms with Gasteiger partial charge in [-0.15, -0.1) is 11.3 Å². The van der Waals surface area contributed by atoms with Gasteiger partial charge in [0, 0.05) is 17.0 Å². The summed E-state index contributed by atoms with van der Waals surface area (Å²) in [5, 5.41) is 8.16. The molecule has 2 aromatic rings. The molecule has 1 N–H and O–H groups in total. The standard InChI is InChI=1S/C13H11BrN2S/c14-12-6-5-10(17-12)8-16-7-9-3-1-2-4-11(9)13(16)15/h1-6,15H,7-8H2. The molecular weight excluding hydrogens is 296 g/mol. The molecule has 86 valence electrons. The highest BCUT2D eigenvalue weighted by Gasteiger charge is 2.23. The Morgan fingerprint density at radius 2 is 2.06 bits per heavy atom. The van der Waals surface area contributed by atoms with Crippen molar-refractivity contribution < 1.29 is 0 Å². The van der Waals surface area contributed by atoms with Crippen LogP contribution in [0.3, 0.4) is 0 Å². The Labute approximate surface area is 113 Å². The molecule has 1 aliphatic heterocycles. The van der Waals surface area contributed by atoms with E-state index in [9.17, 15) is 0 Å². The average molecular weight is 307 g/mol. The number of fused-ring (bicyclic) bond motifs is 1. The molecule has 2 heterocycles. The number of nitrogens with one attached hydrogen (secondary N) is 1. The number of hydrogen-bond donors (Lipinski definition) is 1. The normalized spacial score (nSPS) is 14.2. The summed E-state index contributed by atoms with van der Waals surface area (Å²) in [6.45, 7) is 1.67. The summed E-state index contributed by atoms with van der Waals surface area (Å²) in [6, 6.07) is 12.4. The zero-order valence-corrected chi connectivity index (χ0v) is 11.5. The Kier molecular flexibility index (Phi) is 2.76. The molecule has 3 rings (SSSR count). The Hall–Kier alpha value is -1.13. The van der Waals surface area contributed by atoms with Gasteiger partial charge in [0.25, 0.3) is 0 Å². The van der Waals surface area contributed by atoms with Crippen LogP contribution in [0.1, 0.15) is 16.0 Å². The molecule has 4 heteroatoms. The summed E-state index contributed by atoms with van der Waals surface area (Å²) >= 11 is 5.20. The van der Waals surface area contributed by atoms with Crippen LogP contribution in [0.25, 0.3) is 0 Å². The molecule has 17 heavy (non-hydrogen) atoms. The van der Waals surface area contributed by atoms with Crippen LogP contribution >= 0.6 is 27.3 Å². The molecule has 0 unspecified atom stereocenters.